The highest BCUT2D eigenvalue weighted by Crippen LogP contribution is 2.26. The lowest BCUT2D eigenvalue weighted by Crippen LogP contribution is -2.17. The van der Waals surface area contributed by atoms with E-state index in [1.54, 1.807) is 0 Å². The summed E-state index contributed by atoms with van der Waals surface area (Å²) in [6, 6.07) is 6.01. The maximum atomic E-state index is 12.2. The summed E-state index contributed by atoms with van der Waals surface area (Å²) in [5.74, 6) is 0.713. The Balaban J connectivity index is 1.93. The van der Waals surface area contributed by atoms with E-state index < -0.39 is 0 Å². The van der Waals surface area contributed by atoms with Crippen molar-refractivity contribution in [3.05, 3.63) is 29.3 Å². The molecular weight excluding hydrogens is 248 g/mol. The average molecular weight is 274 g/mol. The topological polar surface area (TPSA) is 55.1 Å². The van der Waals surface area contributed by atoms with E-state index in [1.165, 1.54) is 38.5 Å². The molecule has 0 heterocycles. The van der Waals surface area contributed by atoms with Crippen LogP contribution in [-0.2, 0) is 11.3 Å². The van der Waals surface area contributed by atoms with E-state index in [9.17, 15) is 4.79 Å². The molecule has 3 nitrogen and oxygen atoms in total. The smallest absolute Gasteiger partial charge is 0.224 e. The Morgan fingerprint density at radius 2 is 1.95 bits per heavy atom. The molecule has 0 bridgehead atoms. The SMILES string of the molecule is Cc1ccc(CN)cc1NC(=O)CC1CCCCCC1. The number of benzene rings is 1. The van der Waals surface area contributed by atoms with E-state index in [4.69, 9.17) is 5.73 Å². The number of hydrogen-bond donors (Lipinski definition) is 2. The second-order valence-electron chi connectivity index (χ2n) is 5.96. The Bertz CT molecular complexity index is 448. The first-order chi connectivity index (χ1) is 9.69. The molecule has 0 saturated heterocycles. The van der Waals surface area contributed by atoms with Crippen molar-refractivity contribution in [1.82, 2.24) is 0 Å². The van der Waals surface area contributed by atoms with Crippen molar-refractivity contribution in [1.29, 1.82) is 0 Å². The molecule has 1 saturated carbocycles. The number of nitrogens with two attached hydrogens (primary N) is 1. The monoisotopic (exact) mass is 274 g/mol. The molecule has 0 spiro atoms. The van der Waals surface area contributed by atoms with E-state index in [1.807, 2.05) is 25.1 Å². The summed E-state index contributed by atoms with van der Waals surface area (Å²) in [7, 11) is 0. The third-order valence-electron chi connectivity index (χ3n) is 4.26. The second kappa shape index (κ2) is 7.44. The molecule has 1 aromatic rings. The summed E-state index contributed by atoms with van der Waals surface area (Å²) in [6.45, 7) is 2.52. The van der Waals surface area contributed by atoms with Gasteiger partial charge in [-0.15, -0.1) is 0 Å². The number of carbonyl (C=O) groups excluding carboxylic acids is 1. The molecule has 1 aliphatic rings. The van der Waals surface area contributed by atoms with Gasteiger partial charge in [0.2, 0.25) is 5.91 Å². The van der Waals surface area contributed by atoms with Crippen LogP contribution in [0.3, 0.4) is 0 Å². The molecular formula is C17H26N2O. The Kier molecular flexibility index (Phi) is 5.60. The molecule has 3 heteroatoms. The number of aryl methyl sites for hydroxylation is 1. The van der Waals surface area contributed by atoms with Crippen molar-refractivity contribution in [2.24, 2.45) is 11.7 Å². The molecule has 1 amide bonds. The number of amides is 1. The third-order valence-corrected chi connectivity index (χ3v) is 4.26. The second-order valence-corrected chi connectivity index (χ2v) is 5.96. The molecule has 0 unspecified atom stereocenters. The number of anilines is 1. The highest BCUT2D eigenvalue weighted by Gasteiger charge is 2.16. The lowest BCUT2D eigenvalue weighted by atomic mass is 9.96. The van der Waals surface area contributed by atoms with Gasteiger partial charge in [-0.1, -0.05) is 37.8 Å². The van der Waals surface area contributed by atoms with Crippen LogP contribution in [0.15, 0.2) is 18.2 Å². The zero-order valence-electron chi connectivity index (χ0n) is 12.5. The standard InChI is InChI=1S/C17H26N2O/c1-13-8-9-15(12-18)10-16(13)19-17(20)11-14-6-4-2-3-5-7-14/h8-10,14H,2-7,11-12,18H2,1H3,(H,19,20). The minimum atomic E-state index is 0.147. The average Bonchev–Trinajstić information content (AvgIpc) is 2.70. The molecule has 3 N–H and O–H groups in total. The summed E-state index contributed by atoms with van der Waals surface area (Å²) in [5.41, 5.74) is 8.71. The highest BCUT2D eigenvalue weighted by molar-refractivity contribution is 5.91. The first kappa shape index (κ1) is 15.0. The zero-order valence-corrected chi connectivity index (χ0v) is 12.5. The van der Waals surface area contributed by atoms with Crippen LogP contribution in [0.25, 0.3) is 0 Å². The first-order valence-electron chi connectivity index (χ1n) is 7.78. The van der Waals surface area contributed by atoms with Crippen molar-refractivity contribution in [3.63, 3.8) is 0 Å². The molecule has 0 radical (unpaired) electrons. The van der Waals surface area contributed by atoms with Gasteiger partial charge < -0.3 is 11.1 Å². The maximum Gasteiger partial charge on any atom is 0.224 e. The van der Waals surface area contributed by atoms with E-state index in [0.717, 1.165) is 16.8 Å². The van der Waals surface area contributed by atoms with Crippen molar-refractivity contribution in [2.75, 3.05) is 5.32 Å². The quantitative estimate of drug-likeness (QED) is 0.821. The Morgan fingerprint density at radius 1 is 1.25 bits per heavy atom. The number of nitrogens with one attached hydrogen (secondary N) is 1. The van der Waals surface area contributed by atoms with Gasteiger partial charge in [-0.05, 0) is 42.9 Å². The van der Waals surface area contributed by atoms with Crippen molar-refractivity contribution >= 4 is 11.6 Å². The molecule has 110 valence electrons. The van der Waals surface area contributed by atoms with Gasteiger partial charge in [-0.2, -0.15) is 0 Å². The van der Waals surface area contributed by atoms with Crippen LogP contribution in [0.2, 0.25) is 0 Å². The van der Waals surface area contributed by atoms with E-state index in [2.05, 4.69) is 5.32 Å². The molecule has 1 aliphatic carbocycles. The van der Waals surface area contributed by atoms with Gasteiger partial charge in [-0.25, -0.2) is 0 Å². The summed E-state index contributed by atoms with van der Waals surface area (Å²) in [5, 5.41) is 3.06. The fourth-order valence-electron chi connectivity index (χ4n) is 2.96. The minimum Gasteiger partial charge on any atom is -0.326 e. The van der Waals surface area contributed by atoms with E-state index in [0.29, 0.717) is 18.9 Å². The van der Waals surface area contributed by atoms with Gasteiger partial charge in [0.05, 0.1) is 0 Å². The number of hydrogen-bond acceptors (Lipinski definition) is 2. The van der Waals surface area contributed by atoms with E-state index >= 15 is 0 Å². The summed E-state index contributed by atoms with van der Waals surface area (Å²) in [6.07, 6.45) is 8.28. The maximum absolute atomic E-state index is 12.2. The van der Waals surface area contributed by atoms with Gasteiger partial charge in [0.15, 0.2) is 0 Å². The minimum absolute atomic E-state index is 0.147. The predicted octanol–water partition coefficient (Wildman–Crippen LogP) is 3.75. The van der Waals surface area contributed by atoms with Crippen LogP contribution in [0.1, 0.15) is 56.1 Å². The molecule has 20 heavy (non-hydrogen) atoms. The predicted molar refractivity (Wildman–Crippen MR) is 83.5 cm³/mol. The van der Waals surface area contributed by atoms with Crippen LogP contribution in [0, 0.1) is 12.8 Å². The molecule has 0 atom stereocenters. The van der Waals surface area contributed by atoms with Gasteiger partial charge in [0.25, 0.3) is 0 Å². The van der Waals surface area contributed by atoms with Gasteiger partial charge in [0, 0.05) is 18.7 Å². The van der Waals surface area contributed by atoms with Gasteiger partial charge in [-0.3, -0.25) is 4.79 Å². The fourth-order valence-corrected chi connectivity index (χ4v) is 2.96. The van der Waals surface area contributed by atoms with Crippen molar-refractivity contribution in [2.45, 2.75) is 58.4 Å². The Hall–Kier alpha value is -1.35. The normalized spacial score (nSPS) is 16.7. The van der Waals surface area contributed by atoms with Crippen LogP contribution < -0.4 is 11.1 Å². The number of carbonyl (C=O) groups is 1. The van der Waals surface area contributed by atoms with Crippen LogP contribution in [-0.4, -0.2) is 5.91 Å². The molecule has 1 aromatic carbocycles. The van der Waals surface area contributed by atoms with Crippen molar-refractivity contribution < 1.29 is 4.79 Å². The third kappa shape index (κ3) is 4.34. The fraction of sp³-hybridized carbons (Fsp3) is 0.588. The molecule has 1 fully saturated rings. The zero-order chi connectivity index (χ0) is 14.4. The first-order valence-corrected chi connectivity index (χ1v) is 7.78. The lowest BCUT2D eigenvalue weighted by Gasteiger charge is -2.15. The largest absolute Gasteiger partial charge is 0.326 e. The summed E-state index contributed by atoms with van der Waals surface area (Å²) in [4.78, 5) is 12.2. The van der Waals surface area contributed by atoms with Crippen molar-refractivity contribution in [3.8, 4) is 0 Å². The summed E-state index contributed by atoms with van der Waals surface area (Å²) < 4.78 is 0. The van der Waals surface area contributed by atoms with Gasteiger partial charge >= 0.3 is 0 Å². The molecule has 2 rings (SSSR count). The molecule has 0 aromatic heterocycles. The Labute approximate surface area is 121 Å². The summed E-state index contributed by atoms with van der Waals surface area (Å²) >= 11 is 0. The lowest BCUT2D eigenvalue weighted by molar-refractivity contribution is -0.117. The Morgan fingerprint density at radius 3 is 2.60 bits per heavy atom. The van der Waals surface area contributed by atoms with E-state index in [-0.39, 0.29) is 5.91 Å². The highest BCUT2D eigenvalue weighted by atomic mass is 16.1. The van der Waals surface area contributed by atoms with Crippen LogP contribution in [0.4, 0.5) is 5.69 Å². The molecule has 0 aliphatic heterocycles. The van der Waals surface area contributed by atoms with Crippen LogP contribution >= 0.6 is 0 Å². The van der Waals surface area contributed by atoms with Gasteiger partial charge in [0.1, 0.15) is 0 Å². The van der Waals surface area contributed by atoms with Crippen LogP contribution in [0.5, 0.6) is 0 Å². The number of rotatable bonds is 4.